The van der Waals surface area contributed by atoms with E-state index in [0.29, 0.717) is 11.8 Å². The quantitative estimate of drug-likeness (QED) is 0.643. The number of hydrogen-bond acceptors (Lipinski definition) is 1. The van der Waals surface area contributed by atoms with E-state index in [-0.39, 0.29) is 0 Å². The van der Waals surface area contributed by atoms with Crippen LogP contribution in [0.3, 0.4) is 0 Å². The van der Waals surface area contributed by atoms with Crippen molar-refractivity contribution in [3.63, 3.8) is 0 Å². The molecule has 1 aliphatic rings. The van der Waals surface area contributed by atoms with E-state index >= 15 is 0 Å². The van der Waals surface area contributed by atoms with Gasteiger partial charge in [0.2, 0.25) is 0 Å². The van der Waals surface area contributed by atoms with E-state index in [9.17, 15) is 0 Å². The molecule has 1 aromatic heterocycles. The molecule has 2 aromatic rings. The van der Waals surface area contributed by atoms with Gasteiger partial charge in [-0.05, 0) is 31.2 Å². The van der Waals surface area contributed by atoms with Gasteiger partial charge in [-0.2, -0.15) is 0 Å². The number of unbranched alkanes of at least 4 members (excludes halogenated alkanes) is 2. The van der Waals surface area contributed by atoms with Crippen molar-refractivity contribution in [2.24, 2.45) is 5.92 Å². The molecule has 1 aromatic carbocycles. The highest BCUT2D eigenvalue weighted by Gasteiger charge is 2.37. The third-order valence-electron chi connectivity index (χ3n) is 3.86. The number of aromatic amines is 1. The summed E-state index contributed by atoms with van der Waals surface area (Å²) in [5, 5.41) is 0. The second kappa shape index (κ2) is 6.43. The molecular formula is C18H20N2. The van der Waals surface area contributed by atoms with Crippen molar-refractivity contribution in [3.8, 4) is 11.8 Å². The van der Waals surface area contributed by atoms with E-state index < -0.39 is 0 Å². The van der Waals surface area contributed by atoms with Gasteiger partial charge in [-0.25, -0.2) is 4.98 Å². The van der Waals surface area contributed by atoms with Gasteiger partial charge in [-0.15, -0.1) is 5.92 Å². The first-order valence-corrected chi connectivity index (χ1v) is 7.44. The highest BCUT2D eigenvalue weighted by molar-refractivity contribution is 5.24. The average Bonchev–Trinajstić information content (AvgIpc) is 3.05. The molecule has 1 aliphatic carbocycles. The summed E-state index contributed by atoms with van der Waals surface area (Å²) in [5.41, 5.74) is 2.68. The van der Waals surface area contributed by atoms with Crippen LogP contribution in [0.15, 0.2) is 42.9 Å². The van der Waals surface area contributed by atoms with Crippen molar-refractivity contribution in [3.05, 3.63) is 54.1 Å². The highest BCUT2D eigenvalue weighted by Crippen LogP contribution is 2.45. The normalized spacial score (nSPS) is 20.2. The number of aryl methyl sites for hydroxylation is 1. The first-order valence-electron chi connectivity index (χ1n) is 7.44. The molecule has 0 saturated heterocycles. The minimum absolute atomic E-state index is 0.560. The van der Waals surface area contributed by atoms with E-state index in [4.69, 9.17) is 0 Å². The lowest BCUT2D eigenvalue weighted by molar-refractivity contribution is 0.756. The average molecular weight is 264 g/mol. The van der Waals surface area contributed by atoms with Crippen LogP contribution in [-0.2, 0) is 6.42 Å². The molecule has 2 nitrogen and oxygen atoms in total. The predicted molar refractivity (Wildman–Crippen MR) is 81.2 cm³/mol. The summed E-state index contributed by atoms with van der Waals surface area (Å²) in [6.07, 6.45) is 9.49. The summed E-state index contributed by atoms with van der Waals surface area (Å²) in [5.74, 6) is 7.90. The monoisotopic (exact) mass is 264 g/mol. The molecule has 1 fully saturated rings. The molecule has 2 atom stereocenters. The third kappa shape index (κ3) is 3.51. The lowest BCUT2D eigenvalue weighted by atomic mass is 10.1. The molecule has 1 N–H and O–H groups in total. The summed E-state index contributed by atoms with van der Waals surface area (Å²) in [6, 6.07) is 10.7. The van der Waals surface area contributed by atoms with Crippen molar-refractivity contribution in [1.29, 1.82) is 0 Å². The molecule has 0 spiro atoms. The van der Waals surface area contributed by atoms with Crippen LogP contribution in [0.5, 0.6) is 0 Å². The zero-order valence-corrected chi connectivity index (χ0v) is 11.7. The van der Waals surface area contributed by atoms with Gasteiger partial charge < -0.3 is 4.98 Å². The van der Waals surface area contributed by atoms with E-state index in [1.165, 1.54) is 36.9 Å². The van der Waals surface area contributed by atoms with Gasteiger partial charge in [-0.3, -0.25) is 0 Å². The Morgan fingerprint density at radius 1 is 1.20 bits per heavy atom. The maximum atomic E-state index is 4.06. The minimum atomic E-state index is 0.560. The van der Waals surface area contributed by atoms with Crippen LogP contribution in [0.25, 0.3) is 0 Å². The van der Waals surface area contributed by atoms with Gasteiger partial charge in [0.15, 0.2) is 0 Å². The predicted octanol–water partition coefficient (Wildman–Crippen LogP) is 3.93. The second-order valence-corrected chi connectivity index (χ2v) is 5.47. The van der Waals surface area contributed by atoms with Crippen LogP contribution in [0, 0.1) is 17.8 Å². The van der Waals surface area contributed by atoms with Crippen molar-refractivity contribution >= 4 is 0 Å². The second-order valence-electron chi connectivity index (χ2n) is 5.47. The molecule has 0 bridgehead atoms. The Balaban J connectivity index is 1.33. The van der Waals surface area contributed by atoms with Crippen LogP contribution in [-0.4, -0.2) is 9.97 Å². The Kier molecular flexibility index (Phi) is 4.18. The summed E-state index contributed by atoms with van der Waals surface area (Å²) >= 11 is 0. The number of benzene rings is 1. The maximum Gasteiger partial charge on any atom is 0.0921 e. The Bertz CT molecular complexity index is 575. The molecule has 20 heavy (non-hydrogen) atoms. The largest absolute Gasteiger partial charge is 0.348 e. The maximum absolute atomic E-state index is 4.06. The van der Waals surface area contributed by atoms with E-state index in [2.05, 4.69) is 52.1 Å². The molecule has 0 unspecified atom stereocenters. The fraction of sp³-hybridized carbons (Fsp3) is 0.389. The van der Waals surface area contributed by atoms with Crippen LogP contribution in [0.2, 0.25) is 0 Å². The summed E-state index contributed by atoms with van der Waals surface area (Å²) in [4.78, 5) is 7.24. The van der Waals surface area contributed by atoms with Crippen molar-refractivity contribution in [2.45, 2.75) is 38.0 Å². The first kappa shape index (κ1) is 13.0. The topological polar surface area (TPSA) is 28.7 Å². The van der Waals surface area contributed by atoms with Crippen LogP contribution >= 0.6 is 0 Å². The van der Waals surface area contributed by atoms with E-state index in [1.807, 2.05) is 6.20 Å². The number of rotatable bonds is 5. The van der Waals surface area contributed by atoms with Gasteiger partial charge in [-0.1, -0.05) is 36.3 Å². The first-order chi connectivity index (χ1) is 9.93. The Morgan fingerprint density at radius 3 is 2.90 bits per heavy atom. The van der Waals surface area contributed by atoms with Crippen LogP contribution in [0.1, 0.15) is 42.9 Å². The molecule has 2 heteroatoms. The molecular weight excluding hydrogens is 244 g/mol. The van der Waals surface area contributed by atoms with Crippen molar-refractivity contribution in [1.82, 2.24) is 9.97 Å². The van der Waals surface area contributed by atoms with Gasteiger partial charge in [0, 0.05) is 30.1 Å². The molecule has 0 radical (unpaired) electrons. The molecule has 0 aliphatic heterocycles. The number of aromatic nitrogens is 2. The molecule has 0 amide bonds. The van der Waals surface area contributed by atoms with Crippen LogP contribution < -0.4 is 0 Å². The van der Waals surface area contributed by atoms with Gasteiger partial charge >= 0.3 is 0 Å². The zero-order chi connectivity index (χ0) is 13.6. The zero-order valence-electron chi connectivity index (χ0n) is 11.7. The SMILES string of the molecule is C(#C[C@@H]1C[C@@H]1c1cnc[nH]1)CCCCc1ccccc1. The van der Waals surface area contributed by atoms with Gasteiger partial charge in [0.1, 0.15) is 0 Å². The van der Waals surface area contributed by atoms with Crippen LogP contribution in [0.4, 0.5) is 0 Å². The Hall–Kier alpha value is -2.01. The summed E-state index contributed by atoms with van der Waals surface area (Å²) < 4.78 is 0. The van der Waals surface area contributed by atoms with E-state index in [1.54, 1.807) is 6.33 Å². The summed E-state index contributed by atoms with van der Waals surface area (Å²) in [6.45, 7) is 0. The smallest absolute Gasteiger partial charge is 0.0921 e. The Labute approximate surface area is 120 Å². The van der Waals surface area contributed by atoms with Crippen molar-refractivity contribution < 1.29 is 0 Å². The number of imidazole rings is 1. The number of H-pyrrole nitrogens is 1. The lowest BCUT2D eigenvalue weighted by Gasteiger charge is -1.98. The number of nitrogens with one attached hydrogen (secondary N) is 1. The minimum Gasteiger partial charge on any atom is -0.348 e. The fourth-order valence-electron chi connectivity index (χ4n) is 2.56. The molecule has 102 valence electrons. The third-order valence-corrected chi connectivity index (χ3v) is 3.86. The molecule has 1 saturated carbocycles. The highest BCUT2D eigenvalue weighted by atomic mass is 14.9. The summed E-state index contributed by atoms with van der Waals surface area (Å²) in [7, 11) is 0. The van der Waals surface area contributed by atoms with E-state index in [0.717, 1.165) is 6.42 Å². The van der Waals surface area contributed by atoms with Crippen molar-refractivity contribution in [2.75, 3.05) is 0 Å². The van der Waals surface area contributed by atoms with Gasteiger partial charge in [0.05, 0.1) is 6.33 Å². The van der Waals surface area contributed by atoms with Gasteiger partial charge in [0.25, 0.3) is 0 Å². The molecule has 3 rings (SSSR count). The fourth-order valence-corrected chi connectivity index (χ4v) is 2.56. The number of nitrogens with zero attached hydrogens (tertiary/aromatic N) is 1. The Morgan fingerprint density at radius 2 is 2.10 bits per heavy atom. The standard InChI is InChI=1S/C18H20N2/c1(4-8-15-9-5-3-6-10-15)2-7-11-16-12-17(16)18-13-19-14-20-18/h3,5-6,9-10,13-14,16-17H,1-2,4,8,12H2,(H,19,20)/t16-,17+/m1/s1. The lowest BCUT2D eigenvalue weighted by Crippen LogP contribution is -1.84. The molecule has 1 heterocycles. The number of hydrogen-bond donors (Lipinski definition) is 1.